The molecule has 0 atom stereocenters. The summed E-state index contributed by atoms with van der Waals surface area (Å²) in [4.78, 5) is 14.2. The van der Waals surface area contributed by atoms with Crippen molar-refractivity contribution in [2.75, 3.05) is 0 Å². The second-order valence-corrected chi connectivity index (χ2v) is 6.38. The van der Waals surface area contributed by atoms with E-state index in [4.69, 9.17) is 23.2 Å². The predicted molar refractivity (Wildman–Crippen MR) is 85.7 cm³/mol. The maximum Gasteiger partial charge on any atom is 0.201 e. The van der Waals surface area contributed by atoms with E-state index in [2.05, 4.69) is 0 Å². The molecule has 0 amide bonds. The van der Waals surface area contributed by atoms with Gasteiger partial charge in [-0.25, -0.2) is 0 Å². The highest BCUT2D eigenvalue weighted by Crippen LogP contribution is 2.43. The van der Waals surface area contributed by atoms with Crippen LogP contribution in [0.1, 0.15) is 22.8 Å². The molecule has 0 aromatic heterocycles. The van der Waals surface area contributed by atoms with Crippen molar-refractivity contribution in [3.05, 3.63) is 68.5 Å². The third kappa shape index (κ3) is 2.28. The Balaban J connectivity index is 2.08. The molecule has 20 heavy (non-hydrogen) atoms. The predicted octanol–water partition coefficient (Wildman–Crippen LogP) is 5.71. The van der Waals surface area contributed by atoms with Crippen molar-refractivity contribution in [3.8, 4) is 0 Å². The highest BCUT2D eigenvalue weighted by atomic mass is 35.5. The molecule has 4 heteroatoms. The molecule has 3 rings (SSSR count). The van der Waals surface area contributed by atoms with Crippen molar-refractivity contribution in [3.63, 3.8) is 0 Å². The molecular weight excluding hydrogens is 311 g/mol. The highest BCUT2D eigenvalue weighted by molar-refractivity contribution is 8.05. The van der Waals surface area contributed by atoms with Gasteiger partial charge in [-0.2, -0.15) is 0 Å². The second kappa shape index (κ2) is 5.28. The van der Waals surface area contributed by atoms with Gasteiger partial charge in [0, 0.05) is 10.5 Å². The Morgan fingerprint density at radius 2 is 1.80 bits per heavy atom. The number of halogens is 2. The first-order valence-electron chi connectivity index (χ1n) is 6.06. The molecule has 0 saturated carbocycles. The third-order valence-electron chi connectivity index (χ3n) is 3.24. The van der Waals surface area contributed by atoms with E-state index >= 15 is 0 Å². The van der Waals surface area contributed by atoms with E-state index in [0.717, 1.165) is 26.5 Å². The number of allylic oxidation sites excluding steroid dienone is 2. The summed E-state index contributed by atoms with van der Waals surface area (Å²) >= 11 is 13.5. The summed E-state index contributed by atoms with van der Waals surface area (Å²) < 4.78 is 0. The molecule has 0 spiro atoms. The van der Waals surface area contributed by atoms with Crippen LogP contribution in [0.2, 0.25) is 10.0 Å². The Hall–Kier alpha value is -1.22. The summed E-state index contributed by atoms with van der Waals surface area (Å²) in [6.07, 6.45) is 0. The summed E-state index contributed by atoms with van der Waals surface area (Å²) in [6.45, 7) is 1.94. The van der Waals surface area contributed by atoms with Crippen LogP contribution in [-0.2, 0) is 0 Å². The van der Waals surface area contributed by atoms with Gasteiger partial charge in [-0.1, -0.05) is 53.2 Å². The maximum absolute atomic E-state index is 12.4. The van der Waals surface area contributed by atoms with Crippen LogP contribution in [0.4, 0.5) is 0 Å². The van der Waals surface area contributed by atoms with Gasteiger partial charge in [0.25, 0.3) is 0 Å². The summed E-state index contributed by atoms with van der Waals surface area (Å²) in [5.41, 5.74) is 2.62. The zero-order valence-corrected chi connectivity index (χ0v) is 12.9. The largest absolute Gasteiger partial charge is 0.288 e. The fourth-order valence-corrected chi connectivity index (χ4v) is 3.54. The number of rotatable bonds is 1. The van der Waals surface area contributed by atoms with E-state index in [1.807, 2.05) is 37.3 Å². The van der Waals surface area contributed by atoms with Crippen molar-refractivity contribution in [2.24, 2.45) is 0 Å². The van der Waals surface area contributed by atoms with Gasteiger partial charge in [0.1, 0.15) is 0 Å². The van der Waals surface area contributed by atoms with Gasteiger partial charge < -0.3 is 0 Å². The number of hydrogen-bond donors (Lipinski definition) is 0. The lowest BCUT2D eigenvalue weighted by atomic mass is 10.0. The third-order valence-corrected chi connectivity index (χ3v) is 5.25. The number of Topliss-reactive ketones (excluding diaryl/α,β-unsaturated/α-hetero) is 1. The molecular formula is C16H10Cl2OS. The van der Waals surface area contributed by atoms with Gasteiger partial charge in [0.05, 0.1) is 15.0 Å². The lowest BCUT2D eigenvalue weighted by Crippen LogP contribution is -1.96. The van der Waals surface area contributed by atoms with Crippen LogP contribution in [0.3, 0.4) is 0 Å². The average Bonchev–Trinajstić information content (AvgIpc) is 2.79. The SMILES string of the molecule is C/C(=C1/Sc2ccccc2C1=O)c1ccc(Cl)c(Cl)c1. The Morgan fingerprint density at radius 1 is 1.05 bits per heavy atom. The number of fused-ring (bicyclic) bond motifs is 1. The fourth-order valence-electron chi connectivity index (χ4n) is 2.13. The summed E-state index contributed by atoms with van der Waals surface area (Å²) in [5.74, 6) is 0.0779. The van der Waals surface area contributed by atoms with E-state index < -0.39 is 0 Å². The van der Waals surface area contributed by atoms with Crippen LogP contribution in [0.25, 0.3) is 5.57 Å². The molecule has 100 valence electrons. The van der Waals surface area contributed by atoms with Crippen molar-refractivity contribution in [1.29, 1.82) is 0 Å². The topological polar surface area (TPSA) is 17.1 Å². The van der Waals surface area contributed by atoms with E-state index in [-0.39, 0.29) is 5.78 Å². The zero-order valence-electron chi connectivity index (χ0n) is 10.6. The average molecular weight is 321 g/mol. The zero-order chi connectivity index (χ0) is 14.3. The van der Waals surface area contributed by atoms with Crippen molar-refractivity contribution >= 4 is 46.3 Å². The van der Waals surface area contributed by atoms with Gasteiger partial charge in [-0.15, -0.1) is 0 Å². The van der Waals surface area contributed by atoms with Crippen LogP contribution in [0.15, 0.2) is 52.3 Å². The van der Waals surface area contributed by atoms with Crippen molar-refractivity contribution < 1.29 is 4.79 Å². The molecule has 0 bridgehead atoms. The van der Waals surface area contributed by atoms with Crippen LogP contribution in [0, 0.1) is 0 Å². The minimum atomic E-state index is 0.0779. The molecule has 0 saturated heterocycles. The number of hydrogen-bond acceptors (Lipinski definition) is 2. The Bertz CT molecular complexity index is 750. The number of benzene rings is 2. The molecule has 1 aliphatic heterocycles. The number of ketones is 1. The number of carbonyl (C=O) groups excluding carboxylic acids is 1. The van der Waals surface area contributed by atoms with Crippen molar-refractivity contribution in [2.45, 2.75) is 11.8 Å². The first kappa shape index (κ1) is 13.7. The lowest BCUT2D eigenvalue weighted by Gasteiger charge is -2.06. The summed E-state index contributed by atoms with van der Waals surface area (Å²) in [5, 5.41) is 1.01. The lowest BCUT2D eigenvalue weighted by molar-refractivity contribution is 0.104. The van der Waals surface area contributed by atoms with E-state index in [1.54, 1.807) is 12.1 Å². The fraction of sp³-hybridized carbons (Fsp3) is 0.0625. The van der Waals surface area contributed by atoms with Crippen molar-refractivity contribution in [1.82, 2.24) is 0 Å². The Labute approximate surface area is 131 Å². The van der Waals surface area contributed by atoms with Gasteiger partial charge in [-0.05, 0) is 42.3 Å². The second-order valence-electron chi connectivity index (χ2n) is 4.51. The molecule has 0 radical (unpaired) electrons. The van der Waals surface area contributed by atoms with E-state index in [1.165, 1.54) is 11.8 Å². The Morgan fingerprint density at radius 3 is 2.50 bits per heavy atom. The van der Waals surface area contributed by atoms with E-state index in [0.29, 0.717) is 10.0 Å². The van der Waals surface area contributed by atoms with Crippen LogP contribution in [-0.4, -0.2) is 5.78 Å². The number of carbonyl (C=O) groups is 1. The van der Waals surface area contributed by atoms with Gasteiger partial charge in [0.15, 0.2) is 0 Å². The van der Waals surface area contributed by atoms with Gasteiger partial charge >= 0.3 is 0 Å². The van der Waals surface area contributed by atoms with Crippen LogP contribution < -0.4 is 0 Å². The summed E-state index contributed by atoms with van der Waals surface area (Å²) in [6, 6.07) is 13.1. The minimum Gasteiger partial charge on any atom is -0.288 e. The smallest absolute Gasteiger partial charge is 0.201 e. The first-order chi connectivity index (χ1) is 9.58. The monoisotopic (exact) mass is 320 g/mol. The van der Waals surface area contributed by atoms with Crippen LogP contribution >= 0.6 is 35.0 Å². The molecule has 2 aromatic carbocycles. The molecule has 0 unspecified atom stereocenters. The van der Waals surface area contributed by atoms with E-state index in [9.17, 15) is 4.79 Å². The minimum absolute atomic E-state index is 0.0779. The Kier molecular flexibility index (Phi) is 3.63. The highest BCUT2D eigenvalue weighted by Gasteiger charge is 2.27. The quantitative estimate of drug-likeness (QED) is 0.626. The molecule has 0 N–H and O–H groups in total. The normalized spacial score (nSPS) is 16.2. The summed E-state index contributed by atoms with van der Waals surface area (Å²) in [7, 11) is 0. The maximum atomic E-state index is 12.4. The molecule has 1 aliphatic rings. The molecule has 0 fully saturated rings. The first-order valence-corrected chi connectivity index (χ1v) is 7.63. The standard InChI is InChI=1S/C16H10Cl2OS/c1-9(10-6-7-12(17)13(18)8-10)16-15(19)11-4-2-3-5-14(11)20-16/h2-8H,1H3/b16-9-. The number of thioether (sulfide) groups is 1. The molecule has 1 heterocycles. The van der Waals surface area contributed by atoms with Gasteiger partial charge in [-0.3, -0.25) is 4.79 Å². The van der Waals surface area contributed by atoms with Gasteiger partial charge in [0.2, 0.25) is 5.78 Å². The molecule has 2 aromatic rings. The molecule has 0 aliphatic carbocycles. The molecule has 1 nitrogen and oxygen atoms in total. The van der Waals surface area contributed by atoms with Crippen LogP contribution in [0.5, 0.6) is 0 Å².